The Balaban J connectivity index is 1.89. The maximum atomic E-state index is 5.59. The van der Waals surface area contributed by atoms with E-state index in [1.165, 1.54) is 35.1 Å². The van der Waals surface area contributed by atoms with Crippen LogP contribution in [-0.2, 0) is 12.8 Å². The molecule has 0 bridgehead atoms. The third-order valence-corrected chi connectivity index (χ3v) is 6.11. The summed E-state index contributed by atoms with van der Waals surface area (Å²) >= 11 is 0. The van der Waals surface area contributed by atoms with Gasteiger partial charge in [0.2, 0.25) is 0 Å². The molecule has 0 saturated heterocycles. The summed E-state index contributed by atoms with van der Waals surface area (Å²) in [5.74, 6) is 0. The fourth-order valence-corrected chi connectivity index (χ4v) is 4.35. The van der Waals surface area contributed by atoms with E-state index in [1.807, 2.05) is 32.2 Å². The van der Waals surface area contributed by atoms with Crippen molar-refractivity contribution >= 4 is 17.8 Å². The van der Waals surface area contributed by atoms with Crippen molar-refractivity contribution in [2.24, 2.45) is 5.73 Å². The first-order valence-corrected chi connectivity index (χ1v) is 12.1. The smallest absolute Gasteiger partial charge is 0.0762 e. The number of rotatable bonds is 11. The Bertz CT molecular complexity index is 1080. The Morgan fingerprint density at radius 2 is 1.58 bits per heavy atom. The summed E-state index contributed by atoms with van der Waals surface area (Å²) in [5, 5.41) is 3.39. The fourth-order valence-electron chi connectivity index (χ4n) is 4.35. The van der Waals surface area contributed by atoms with Gasteiger partial charge in [-0.25, -0.2) is 4.98 Å². The second-order valence-corrected chi connectivity index (χ2v) is 8.29. The van der Waals surface area contributed by atoms with E-state index in [-0.39, 0.29) is 0 Å². The summed E-state index contributed by atoms with van der Waals surface area (Å²) in [6.07, 6.45) is 11.5. The van der Waals surface area contributed by atoms with E-state index >= 15 is 0 Å². The van der Waals surface area contributed by atoms with Gasteiger partial charge in [0, 0.05) is 29.4 Å². The van der Waals surface area contributed by atoms with E-state index in [1.54, 1.807) is 0 Å². The lowest BCUT2D eigenvalue weighted by Crippen LogP contribution is -2.05. The normalized spacial score (nSPS) is 11.2. The third kappa shape index (κ3) is 5.80. The molecule has 1 aromatic heterocycles. The molecule has 3 N–H and O–H groups in total. The van der Waals surface area contributed by atoms with E-state index in [0.717, 1.165) is 54.0 Å². The average molecular weight is 440 g/mol. The SMILES string of the molecule is C=Cc1c(/C=C\C)nc(-c2ccc(-c3ccc(CCCCCN)cc3)cc2)c(CC)c1NC. The quantitative estimate of drug-likeness (QED) is 0.307. The monoisotopic (exact) mass is 439 g/mol. The van der Waals surface area contributed by atoms with Crippen molar-refractivity contribution in [1.29, 1.82) is 0 Å². The maximum absolute atomic E-state index is 5.59. The van der Waals surface area contributed by atoms with Gasteiger partial charge in [-0.2, -0.15) is 0 Å². The molecule has 3 rings (SSSR count). The number of pyridine rings is 1. The molecule has 0 aliphatic carbocycles. The van der Waals surface area contributed by atoms with Gasteiger partial charge in [-0.15, -0.1) is 0 Å². The van der Waals surface area contributed by atoms with Gasteiger partial charge in [-0.05, 0) is 61.9 Å². The highest BCUT2D eigenvalue weighted by Crippen LogP contribution is 2.34. The standard InChI is InChI=1S/C30H37N3/c1-5-11-28-26(6-2)30(32-4)27(7-3)29(33-28)25-19-17-24(18-20-25)23-15-13-22(14-16-23)12-9-8-10-21-31/h5-6,11,13-20H,2,7-10,12,21,31H2,1,3-4H3,(H,32,33)/b11-5-. The van der Waals surface area contributed by atoms with Crippen molar-refractivity contribution in [2.75, 3.05) is 18.9 Å². The predicted octanol–water partition coefficient (Wildman–Crippen LogP) is 7.37. The van der Waals surface area contributed by atoms with E-state index in [4.69, 9.17) is 10.7 Å². The molecule has 0 atom stereocenters. The van der Waals surface area contributed by atoms with Crippen LogP contribution >= 0.6 is 0 Å². The molecule has 0 amide bonds. The highest BCUT2D eigenvalue weighted by molar-refractivity contribution is 5.82. The van der Waals surface area contributed by atoms with Crippen LogP contribution in [0.1, 0.15) is 55.5 Å². The van der Waals surface area contributed by atoms with E-state index in [0.29, 0.717) is 0 Å². The zero-order valence-corrected chi connectivity index (χ0v) is 20.3. The van der Waals surface area contributed by atoms with Gasteiger partial charge < -0.3 is 11.1 Å². The van der Waals surface area contributed by atoms with Gasteiger partial charge in [0.15, 0.2) is 0 Å². The van der Waals surface area contributed by atoms with Gasteiger partial charge in [0.1, 0.15) is 0 Å². The first kappa shape index (κ1) is 24.5. The lowest BCUT2D eigenvalue weighted by molar-refractivity contribution is 0.686. The summed E-state index contributed by atoms with van der Waals surface area (Å²) < 4.78 is 0. The van der Waals surface area contributed by atoms with Crippen LogP contribution in [0.2, 0.25) is 0 Å². The van der Waals surface area contributed by atoms with Crippen molar-refractivity contribution in [3.8, 4) is 22.4 Å². The van der Waals surface area contributed by atoms with E-state index in [2.05, 4.69) is 67.4 Å². The maximum Gasteiger partial charge on any atom is 0.0762 e. The second-order valence-electron chi connectivity index (χ2n) is 8.29. The molecule has 0 saturated carbocycles. The lowest BCUT2D eigenvalue weighted by atomic mass is 9.95. The lowest BCUT2D eigenvalue weighted by Gasteiger charge is -2.18. The number of hydrogen-bond donors (Lipinski definition) is 2. The Kier molecular flexibility index (Phi) is 9.03. The number of anilines is 1. The molecule has 3 aromatic rings. The Labute approximate surface area is 199 Å². The molecule has 2 aromatic carbocycles. The molecule has 3 nitrogen and oxygen atoms in total. The molecule has 0 spiro atoms. The van der Waals surface area contributed by atoms with Gasteiger partial charge >= 0.3 is 0 Å². The number of nitrogens with zero attached hydrogens (tertiary/aromatic N) is 1. The van der Waals surface area contributed by atoms with Crippen molar-refractivity contribution < 1.29 is 0 Å². The number of unbranched alkanes of at least 4 members (excludes halogenated alkanes) is 2. The number of aromatic nitrogens is 1. The third-order valence-electron chi connectivity index (χ3n) is 6.11. The number of nitrogens with one attached hydrogen (secondary N) is 1. The van der Waals surface area contributed by atoms with Gasteiger partial charge in [0.25, 0.3) is 0 Å². The predicted molar refractivity (Wildman–Crippen MR) is 145 cm³/mol. The van der Waals surface area contributed by atoms with Crippen molar-refractivity contribution in [1.82, 2.24) is 4.98 Å². The van der Waals surface area contributed by atoms with Crippen LogP contribution in [0.25, 0.3) is 34.5 Å². The zero-order chi connectivity index (χ0) is 23.6. The molecule has 0 aliphatic rings. The topological polar surface area (TPSA) is 50.9 Å². The highest BCUT2D eigenvalue weighted by atomic mass is 14.9. The molecule has 0 unspecified atom stereocenters. The van der Waals surface area contributed by atoms with Gasteiger partial charge in [-0.1, -0.05) is 80.6 Å². The van der Waals surface area contributed by atoms with Crippen molar-refractivity contribution in [2.45, 2.75) is 46.0 Å². The summed E-state index contributed by atoms with van der Waals surface area (Å²) in [5.41, 5.74) is 15.9. The average Bonchev–Trinajstić information content (AvgIpc) is 2.86. The van der Waals surface area contributed by atoms with Crippen LogP contribution in [0.15, 0.2) is 61.2 Å². The largest absolute Gasteiger partial charge is 0.387 e. The molecule has 1 heterocycles. The summed E-state index contributed by atoms with van der Waals surface area (Å²) in [6.45, 7) is 9.00. The number of allylic oxidation sites excluding steroid dienone is 1. The van der Waals surface area contributed by atoms with Gasteiger partial charge in [0.05, 0.1) is 11.4 Å². The Hall–Kier alpha value is -3.17. The second kappa shape index (κ2) is 12.2. The van der Waals surface area contributed by atoms with Gasteiger partial charge in [-0.3, -0.25) is 0 Å². The van der Waals surface area contributed by atoms with Crippen LogP contribution < -0.4 is 11.1 Å². The zero-order valence-electron chi connectivity index (χ0n) is 20.3. The summed E-state index contributed by atoms with van der Waals surface area (Å²) in [7, 11) is 1.97. The molecule has 0 radical (unpaired) electrons. The van der Waals surface area contributed by atoms with E-state index < -0.39 is 0 Å². The van der Waals surface area contributed by atoms with E-state index in [9.17, 15) is 0 Å². The summed E-state index contributed by atoms with van der Waals surface area (Å²) in [6, 6.07) is 17.7. The number of hydrogen-bond acceptors (Lipinski definition) is 3. The van der Waals surface area contributed by atoms with Crippen LogP contribution in [0.3, 0.4) is 0 Å². The number of benzene rings is 2. The number of nitrogens with two attached hydrogens (primary N) is 1. The molecular weight excluding hydrogens is 402 g/mol. The molecular formula is C30H37N3. The van der Waals surface area contributed by atoms with Crippen LogP contribution in [-0.4, -0.2) is 18.6 Å². The minimum atomic E-state index is 0.787. The molecule has 33 heavy (non-hydrogen) atoms. The minimum absolute atomic E-state index is 0.787. The minimum Gasteiger partial charge on any atom is -0.387 e. The van der Waals surface area contributed by atoms with Crippen LogP contribution in [0, 0.1) is 0 Å². The highest BCUT2D eigenvalue weighted by Gasteiger charge is 2.16. The Morgan fingerprint density at radius 1 is 0.939 bits per heavy atom. The molecule has 0 fully saturated rings. The molecule has 3 heteroatoms. The number of aryl methyl sites for hydroxylation is 1. The molecule has 0 aliphatic heterocycles. The van der Waals surface area contributed by atoms with Crippen molar-refractivity contribution in [3.63, 3.8) is 0 Å². The Morgan fingerprint density at radius 3 is 2.12 bits per heavy atom. The van der Waals surface area contributed by atoms with Crippen LogP contribution in [0.5, 0.6) is 0 Å². The summed E-state index contributed by atoms with van der Waals surface area (Å²) in [4.78, 5) is 5.03. The van der Waals surface area contributed by atoms with Crippen LogP contribution in [0.4, 0.5) is 5.69 Å². The first-order valence-electron chi connectivity index (χ1n) is 12.1. The first-order chi connectivity index (χ1) is 16.2. The fraction of sp³-hybridized carbons (Fsp3) is 0.300. The molecule has 172 valence electrons. The van der Waals surface area contributed by atoms with Crippen molar-refractivity contribution in [3.05, 3.63) is 83.6 Å².